The van der Waals surface area contributed by atoms with Gasteiger partial charge in [0.05, 0.1) is 5.02 Å². The van der Waals surface area contributed by atoms with Gasteiger partial charge >= 0.3 is 0 Å². The molecule has 0 unspecified atom stereocenters. The highest BCUT2D eigenvalue weighted by Gasteiger charge is 2.13. The van der Waals surface area contributed by atoms with Crippen molar-refractivity contribution in [1.82, 2.24) is 4.98 Å². The van der Waals surface area contributed by atoms with Crippen molar-refractivity contribution in [3.05, 3.63) is 45.9 Å². The van der Waals surface area contributed by atoms with Gasteiger partial charge in [-0.15, -0.1) is 0 Å². The number of nitrogens with one attached hydrogen (secondary N) is 1. The Morgan fingerprint density at radius 1 is 1.16 bits per heavy atom. The molecule has 1 heterocycles. The summed E-state index contributed by atoms with van der Waals surface area (Å²) < 4.78 is 31.6. The molecule has 0 spiro atoms. The van der Waals surface area contributed by atoms with E-state index >= 15 is 0 Å². The van der Waals surface area contributed by atoms with Crippen molar-refractivity contribution in [1.29, 1.82) is 0 Å². The zero-order valence-corrected chi connectivity index (χ0v) is 11.2. The summed E-state index contributed by atoms with van der Waals surface area (Å²) in [4.78, 5) is 3.97. The highest BCUT2D eigenvalue weighted by Crippen LogP contribution is 2.34. The van der Waals surface area contributed by atoms with E-state index in [1.54, 1.807) is 7.05 Å². The molecule has 0 amide bonds. The summed E-state index contributed by atoms with van der Waals surface area (Å²) in [5.41, 5.74) is 0. The summed E-state index contributed by atoms with van der Waals surface area (Å²) in [5, 5.41) is 3.11. The highest BCUT2D eigenvalue weighted by molar-refractivity contribution is 6.36. The first-order valence-corrected chi connectivity index (χ1v) is 5.93. The van der Waals surface area contributed by atoms with Crippen molar-refractivity contribution in [3.63, 3.8) is 0 Å². The smallest absolute Gasteiger partial charge is 0.240 e. The van der Waals surface area contributed by atoms with Gasteiger partial charge in [0, 0.05) is 13.1 Å². The van der Waals surface area contributed by atoms with Crippen LogP contribution in [-0.4, -0.2) is 12.0 Å². The maximum atomic E-state index is 13.4. The molecule has 0 radical (unpaired) electrons. The predicted octanol–water partition coefficient (Wildman–Crippen LogP) is 4.50. The van der Waals surface area contributed by atoms with Crippen LogP contribution in [0.4, 0.5) is 14.6 Å². The van der Waals surface area contributed by atoms with Crippen molar-refractivity contribution in [3.8, 4) is 11.6 Å². The van der Waals surface area contributed by atoms with E-state index in [1.165, 1.54) is 6.07 Å². The number of anilines is 1. The Hall–Kier alpha value is -1.59. The van der Waals surface area contributed by atoms with Gasteiger partial charge in [0.1, 0.15) is 16.7 Å². The third-order valence-electron chi connectivity index (χ3n) is 2.23. The van der Waals surface area contributed by atoms with Crippen LogP contribution < -0.4 is 10.1 Å². The van der Waals surface area contributed by atoms with E-state index in [1.807, 2.05) is 0 Å². The second-order valence-electron chi connectivity index (χ2n) is 3.53. The minimum absolute atomic E-state index is 0.0695. The molecular weight excluding hydrogens is 297 g/mol. The van der Waals surface area contributed by atoms with Crippen molar-refractivity contribution in [2.45, 2.75) is 0 Å². The molecule has 100 valence electrons. The van der Waals surface area contributed by atoms with Gasteiger partial charge in [0.25, 0.3) is 0 Å². The Balaban J connectivity index is 2.40. The molecule has 2 rings (SSSR count). The summed E-state index contributed by atoms with van der Waals surface area (Å²) in [7, 11) is 1.61. The first-order chi connectivity index (χ1) is 9.01. The number of hydrogen-bond donors (Lipinski definition) is 1. The maximum Gasteiger partial charge on any atom is 0.240 e. The number of halogens is 4. The average Bonchev–Trinajstić information content (AvgIpc) is 2.37. The van der Waals surface area contributed by atoms with Crippen LogP contribution in [-0.2, 0) is 0 Å². The molecule has 0 aliphatic carbocycles. The van der Waals surface area contributed by atoms with E-state index in [0.717, 1.165) is 18.2 Å². The number of rotatable bonds is 3. The zero-order valence-electron chi connectivity index (χ0n) is 9.68. The Kier molecular flexibility index (Phi) is 4.07. The number of nitrogens with zero attached hydrogens (tertiary/aromatic N) is 1. The molecule has 1 N–H and O–H groups in total. The number of ether oxygens (including phenoxy) is 1. The van der Waals surface area contributed by atoms with E-state index in [2.05, 4.69) is 10.3 Å². The Morgan fingerprint density at radius 2 is 1.89 bits per heavy atom. The second-order valence-corrected chi connectivity index (χ2v) is 4.35. The number of aromatic nitrogens is 1. The first kappa shape index (κ1) is 13.8. The van der Waals surface area contributed by atoms with E-state index in [-0.39, 0.29) is 16.7 Å². The quantitative estimate of drug-likeness (QED) is 0.906. The topological polar surface area (TPSA) is 34.2 Å². The SMILES string of the molecule is CNc1nc(Oc2cc(F)ccc2F)c(Cl)cc1Cl. The normalized spacial score (nSPS) is 10.4. The summed E-state index contributed by atoms with van der Waals surface area (Å²) in [6.45, 7) is 0. The monoisotopic (exact) mass is 304 g/mol. The summed E-state index contributed by atoms with van der Waals surface area (Å²) >= 11 is 11.7. The second kappa shape index (κ2) is 5.59. The fourth-order valence-electron chi connectivity index (χ4n) is 1.36. The highest BCUT2D eigenvalue weighted by atomic mass is 35.5. The maximum absolute atomic E-state index is 13.4. The van der Waals surface area contributed by atoms with Gasteiger partial charge in [-0.1, -0.05) is 23.2 Å². The molecule has 7 heteroatoms. The van der Waals surface area contributed by atoms with Crippen molar-refractivity contribution >= 4 is 29.0 Å². The molecule has 0 saturated heterocycles. The van der Waals surface area contributed by atoms with Crippen molar-refractivity contribution in [2.75, 3.05) is 12.4 Å². The van der Waals surface area contributed by atoms with Crippen LogP contribution >= 0.6 is 23.2 Å². The predicted molar refractivity (Wildman–Crippen MR) is 70.2 cm³/mol. The Bertz CT molecular complexity index is 623. The molecule has 0 aliphatic rings. The van der Waals surface area contributed by atoms with Crippen LogP contribution in [0.5, 0.6) is 11.6 Å². The summed E-state index contributed by atoms with van der Waals surface area (Å²) in [6, 6.07) is 4.24. The van der Waals surface area contributed by atoms with Gasteiger partial charge in [-0.2, -0.15) is 4.98 Å². The van der Waals surface area contributed by atoms with Crippen LogP contribution in [0.15, 0.2) is 24.3 Å². The largest absolute Gasteiger partial charge is 0.434 e. The number of pyridine rings is 1. The van der Waals surface area contributed by atoms with E-state index in [4.69, 9.17) is 27.9 Å². The fraction of sp³-hybridized carbons (Fsp3) is 0.0833. The molecule has 19 heavy (non-hydrogen) atoms. The lowest BCUT2D eigenvalue weighted by Crippen LogP contribution is -1.98. The number of benzene rings is 1. The molecule has 0 saturated carbocycles. The summed E-state index contributed by atoms with van der Waals surface area (Å²) in [6.07, 6.45) is 0. The fourth-order valence-corrected chi connectivity index (χ4v) is 1.85. The summed E-state index contributed by atoms with van der Waals surface area (Å²) in [5.74, 6) is -1.41. The minimum atomic E-state index is -0.722. The molecule has 0 atom stereocenters. The molecular formula is C12H8Cl2F2N2O. The Labute approximate surface area is 118 Å². The van der Waals surface area contributed by atoms with Crippen LogP contribution in [0.25, 0.3) is 0 Å². The molecule has 1 aromatic carbocycles. The lowest BCUT2D eigenvalue weighted by atomic mass is 10.3. The van der Waals surface area contributed by atoms with Crippen LogP contribution in [0.2, 0.25) is 10.0 Å². The van der Waals surface area contributed by atoms with Crippen molar-refractivity contribution in [2.24, 2.45) is 0 Å². The van der Waals surface area contributed by atoms with Gasteiger partial charge in [-0.05, 0) is 18.2 Å². The Morgan fingerprint density at radius 3 is 2.58 bits per heavy atom. The van der Waals surface area contributed by atoms with Crippen LogP contribution in [0, 0.1) is 11.6 Å². The van der Waals surface area contributed by atoms with Crippen LogP contribution in [0.3, 0.4) is 0 Å². The van der Waals surface area contributed by atoms with Gasteiger partial charge in [-0.25, -0.2) is 8.78 Å². The van der Waals surface area contributed by atoms with Gasteiger partial charge in [0.15, 0.2) is 11.6 Å². The molecule has 0 fully saturated rings. The molecule has 3 nitrogen and oxygen atoms in total. The first-order valence-electron chi connectivity index (χ1n) is 5.18. The van der Waals surface area contributed by atoms with Gasteiger partial charge in [-0.3, -0.25) is 0 Å². The molecule has 1 aromatic heterocycles. The van der Waals surface area contributed by atoms with E-state index < -0.39 is 11.6 Å². The molecule has 0 aliphatic heterocycles. The molecule has 0 bridgehead atoms. The van der Waals surface area contributed by atoms with Gasteiger partial charge in [0.2, 0.25) is 5.88 Å². The standard InChI is InChI=1S/C12H8Cl2F2N2O/c1-17-11-7(13)5-8(14)12(18-11)19-10-4-6(15)2-3-9(10)16/h2-5H,1H3,(H,17,18). The van der Waals surface area contributed by atoms with Crippen LogP contribution in [0.1, 0.15) is 0 Å². The lowest BCUT2D eigenvalue weighted by molar-refractivity contribution is 0.423. The average molecular weight is 305 g/mol. The number of hydrogen-bond acceptors (Lipinski definition) is 3. The molecule has 2 aromatic rings. The van der Waals surface area contributed by atoms with E-state index in [0.29, 0.717) is 10.8 Å². The third-order valence-corrected chi connectivity index (χ3v) is 2.79. The zero-order chi connectivity index (χ0) is 14.0. The van der Waals surface area contributed by atoms with E-state index in [9.17, 15) is 8.78 Å². The minimum Gasteiger partial charge on any atom is -0.434 e. The van der Waals surface area contributed by atoms with Gasteiger partial charge < -0.3 is 10.1 Å². The lowest BCUT2D eigenvalue weighted by Gasteiger charge is -2.10. The van der Waals surface area contributed by atoms with Crippen molar-refractivity contribution < 1.29 is 13.5 Å². The third kappa shape index (κ3) is 3.05.